The number of benzene rings is 4. The molecule has 0 unspecified atom stereocenters. The highest BCUT2D eigenvalue weighted by Crippen LogP contribution is 2.41. The van der Waals surface area contributed by atoms with Crippen molar-refractivity contribution < 1.29 is 8.81 Å². The Labute approximate surface area is 150 Å². The van der Waals surface area contributed by atoms with Gasteiger partial charge >= 0.3 is 0 Å². The van der Waals surface area contributed by atoms with Gasteiger partial charge in [-0.05, 0) is 34.4 Å². The van der Waals surface area contributed by atoms with Crippen molar-refractivity contribution in [3.63, 3.8) is 0 Å². The van der Waals surface area contributed by atoms with Gasteiger partial charge in [-0.1, -0.05) is 78.9 Å². The maximum absolute atomic E-state index is 14.4. The van der Waals surface area contributed by atoms with E-state index in [1.807, 2.05) is 60.7 Å². The van der Waals surface area contributed by atoms with Crippen LogP contribution in [0.25, 0.3) is 44.2 Å². The molecule has 5 aromatic rings. The van der Waals surface area contributed by atoms with E-state index in [0.717, 1.165) is 33.0 Å². The number of hydrogen-bond acceptors (Lipinski definition) is 1. The molecule has 0 fully saturated rings. The van der Waals surface area contributed by atoms with Gasteiger partial charge in [-0.25, -0.2) is 4.39 Å². The molecule has 0 aliphatic heterocycles. The number of furan rings is 1. The van der Waals surface area contributed by atoms with Crippen molar-refractivity contribution in [2.45, 2.75) is 0 Å². The van der Waals surface area contributed by atoms with Crippen LogP contribution in [0.4, 0.5) is 4.39 Å². The molecule has 0 aliphatic carbocycles. The first-order valence-corrected chi connectivity index (χ1v) is 8.57. The molecule has 124 valence electrons. The molecule has 1 aromatic heterocycles. The van der Waals surface area contributed by atoms with Crippen LogP contribution in [0, 0.1) is 5.82 Å². The van der Waals surface area contributed by atoms with E-state index in [1.54, 1.807) is 0 Å². The molecule has 0 saturated carbocycles. The number of rotatable bonds is 2. The summed E-state index contributed by atoms with van der Waals surface area (Å²) in [5.74, 6) is -0.336. The Morgan fingerprint density at radius 2 is 1.27 bits per heavy atom. The zero-order chi connectivity index (χ0) is 17.5. The highest BCUT2D eigenvalue weighted by atomic mass is 19.1. The summed E-state index contributed by atoms with van der Waals surface area (Å²) >= 11 is 0. The standard InChI is InChI=1S/C24H15FO/c25-21-15-14-19(23-20-12-6-7-13-22(20)26-24(21)23)18-11-5-4-10-17(18)16-8-2-1-3-9-16/h1-15H. The molecule has 4 aromatic carbocycles. The van der Waals surface area contributed by atoms with Crippen LogP contribution in [-0.4, -0.2) is 0 Å². The minimum absolute atomic E-state index is 0.312. The van der Waals surface area contributed by atoms with E-state index in [0.29, 0.717) is 11.2 Å². The van der Waals surface area contributed by atoms with Crippen molar-refractivity contribution in [2.75, 3.05) is 0 Å². The van der Waals surface area contributed by atoms with Crippen LogP contribution >= 0.6 is 0 Å². The first-order chi connectivity index (χ1) is 12.8. The fraction of sp³-hybridized carbons (Fsp3) is 0. The number of para-hydroxylation sites is 1. The van der Waals surface area contributed by atoms with Crippen molar-refractivity contribution in [1.82, 2.24) is 0 Å². The lowest BCUT2D eigenvalue weighted by molar-refractivity contribution is 0.584. The first-order valence-electron chi connectivity index (χ1n) is 8.57. The summed E-state index contributed by atoms with van der Waals surface area (Å²) in [7, 11) is 0. The van der Waals surface area contributed by atoms with E-state index in [4.69, 9.17) is 4.42 Å². The molecule has 26 heavy (non-hydrogen) atoms. The van der Waals surface area contributed by atoms with Crippen LogP contribution < -0.4 is 0 Å². The maximum Gasteiger partial charge on any atom is 0.171 e. The summed E-state index contributed by atoms with van der Waals surface area (Å²) in [5.41, 5.74) is 5.30. The zero-order valence-corrected chi connectivity index (χ0v) is 13.9. The van der Waals surface area contributed by atoms with E-state index in [2.05, 4.69) is 24.3 Å². The normalized spacial score (nSPS) is 11.3. The Balaban J connectivity index is 1.89. The molecule has 0 spiro atoms. The molecule has 0 amide bonds. The average molecular weight is 338 g/mol. The molecule has 0 saturated heterocycles. The number of fused-ring (bicyclic) bond motifs is 3. The van der Waals surface area contributed by atoms with Crippen molar-refractivity contribution in [3.8, 4) is 22.3 Å². The first kappa shape index (κ1) is 14.9. The second-order valence-electron chi connectivity index (χ2n) is 6.31. The molecule has 0 atom stereocenters. The highest BCUT2D eigenvalue weighted by Gasteiger charge is 2.17. The lowest BCUT2D eigenvalue weighted by Crippen LogP contribution is -1.87. The van der Waals surface area contributed by atoms with Crippen LogP contribution in [-0.2, 0) is 0 Å². The van der Waals surface area contributed by atoms with E-state index in [-0.39, 0.29) is 5.82 Å². The highest BCUT2D eigenvalue weighted by molar-refractivity contribution is 6.13. The van der Waals surface area contributed by atoms with Gasteiger partial charge in [0, 0.05) is 10.8 Å². The summed E-state index contributed by atoms with van der Waals surface area (Å²) in [6.07, 6.45) is 0. The largest absolute Gasteiger partial charge is 0.453 e. The summed E-state index contributed by atoms with van der Waals surface area (Å²) in [6.45, 7) is 0. The van der Waals surface area contributed by atoms with Gasteiger partial charge in [0.25, 0.3) is 0 Å². The lowest BCUT2D eigenvalue weighted by Gasteiger charge is -2.11. The van der Waals surface area contributed by atoms with Crippen LogP contribution in [0.2, 0.25) is 0 Å². The molecular weight excluding hydrogens is 323 g/mol. The third-order valence-corrected chi connectivity index (χ3v) is 4.78. The van der Waals surface area contributed by atoms with Gasteiger partial charge in [0.1, 0.15) is 5.58 Å². The Kier molecular flexibility index (Phi) is 3.36. The van der Waals surface area contributed by atoms with Gasteiger partial charge in [0.2, 0.25) is 0 Å². The molecule has 0 radical (unpaired) electrons. The van der Waals surface area contributed by atoms with Gasteiger partial charge in [-0.3, -0.25) is 0 Å². The van der Waals surface area contributed by atoms with Gasteiger partial charge in [0.05, 0.1) is 0 Å². The summed E-state index contributed by atoms with van der Waals surface area (Å²) in [5, 5.41) is 1.75. The second kappa shape index (κ2) is 5.85. The summed E-state index contributed by atoms with van der Waals surface area (Å²) in [4.78, 5) is 0. The smallest absolute Gasteiger partial charge is 0.171 e. The van der Waals surface area contributed by atoms with Gasteiger partial charge in [-0.2, -0.15) is 0 Å². The Morgan fingerprint density at radius 1 is 0.577 bits per heavy atom. The van der Waals surface area contributed by atoms with Crippen molar-refractivity contribution in [2.24, 2.45) is 0 Å². The fourth-order valence-corrected chi connectivity index (χ4v) is 3.61. The van der Waals surface area contributed by atoms with Crippen LogP contribution in [0.15, 0.2) is 95.4 Å². The molecule has 2 heteroatoms. The SMILES string of the molecule is Fc1ccc(-c2ccccc2-c2ccccc2)c2c1oc1ccccc12. The quantitative estimate of drug-likeness (QED) is 0.336. The van der Waals surface area contributed by atoms with E-state index >= 15 is 0 Å². The Bertz CT molecular complexity index is 1240. The molecule has 0 bridgehead atoms. The second-order valence-corrected chi connectivity index (χ2v) is 6.31. The molecule has 1 heterocycles. The van der Waals surface area contributed by atoms with E-state index in [9.17, 15) is 4.39 Å². The Hall–Kier alpha value is -3.39. The van der Waals surface area contributed by atoms with E-state index < -0.39 is 0 Å². The van der Waals surface area contributed by atoms with Crippen molar-refractivity contribution in [1.29, 1.82) is 0 Å². The summed E-state index contributed by atoms with van der Waals surface area (Å²) in [6, 6.07) is 29.5. The molecule has 5 rings (SSSR count). The van der Waals surface area contributed by atoms with Crippen LogP contribution in [0.1, 0.15) is 0 Å². The predicted molar refractivity (Wildman–Crippen MR) is 105 cm³/mol. The third kappa shape index (κ3) is 2.23. The number of hydrogen-bond donors (Lipinski definition) is 0. The fourth-order valence-electron chi connectivity index (χ4n) is 3.61. The minimum Gasteiger partial charge on any atom is -0.453 e. The molecule has 0 aliphatic rings. The topological polar surface area (TPSA) is 13.1 Å². The predicted octanol–water partition coefficient (Wildman–Crippen LogP) is 7.06. The monoisotopic (exact) mass is 338 g/mol. The number of halogens is 1. The van der Waals surface area contributed by atoms with Crippen LogP contribution in [0.3, 0.4) is 0 Å². The Morgan fingerprint density at radius 3 is 2.12 bits per heavy atom. The summed E-state index contributed by atoms with van der Waals surface area (Å²) < 4.78 is 20.3. The molecular formula is C24H15FO. The average Bonchev–Trinajstić information content (AvgIpc) is 3.10. The van der Waals surface area contributed by atoms with Gasteiger partial charge in [-0.15, -0.1) is 0 Å². The van der Waals surface area contributed by atoms with E-state index in [1.165, 1.54) is 6.07 Å². The third-order valence-electron chi connectivity index (χ3n) is 4.78. The zero-order valence-electron chi connectivity index (χ0n) is 13.9. The molecule has 0 N–H and O–H groups in total. The maximum atomic E-state index is 14.4. The molecule has 1 nitrogen and oxygen atoms in total. The van der Waals surface area contributed by atoms with Crippen LogP contribution in [0.5, 0.6) is 0 Å². The van der Waals surface area contributed by atoms with Crippen molar-refractivity contribution >= 4 is 21.9 Å². The lowest BCUT2D eigenvalue weighted by atomic mass is 9.92. The van der Waals surface area contributed by atoms with Gasteiger partial charge < -0.3 is 4.42 Å². The van der Waals surface area contributed by atoms with Crippen molar-refractivity contribution in [3.05, 3.63) is 96.8 Å². The van der Waals surface area contributed by atoms with Gasteiger partial charge in [0.15, 0.2) is 11.4 Å². The minimum atomic E-state index is -0.336.